The molecular formula is C28H37FN10O. The number of anilines is 2. The van der Waals surface area contributed by atoms with Crippen molar-refractivity contribution in [1.82, 2.24) is 34.3 Å². The molecule has 1 saturated heterocycles. The highest BCUT2D eigenvalue weighted by Crippen LogP contribution is 2.27. The summed E-state index contributed by atoms with van der Waals surface area (Å²) in [6, 6.07) is 8.36. The van der Waals surface area contributed by atoms with Gasteiger partial charge in [0, 0.05) is 41.5 Å². The number of halogens is 1. The SMILES string of the molecule is CC.CC.C[C@](N)(c1ccc(F)cc1)c1cnc(N)nc1.Nc1ncnn2cc(-c3cnn(C4COC4)c3)cc12. The van der Waals surface area contributed by atoms with Gasteiger partial charge in [-0.05, 0) is 30.7 Å². The third-order valence-corrected chi connectivity index (χ3v) is 6.08. The Balaban J connectivity index is 0.000000198. The lowest BCUT2D eigenvalue weighted by Crippen LogP contribution is -2.34. The summed E-state index contributed by atoms with van der Waals surface area (Å²) < 4.78 is 21.7. The number of nitrogens with two attached hydrogens (primary N) is 3. The molecule has 5 heterocycles. The van der Waals surface area contributed by atoms with Gasteiger partial charge in [-0.15, -0.1) is 0 Å². The Kier molecular flexibility index (Phi) is 10.2. The normalized spacial score (nSPS) is 13.9. The third kappa shape index (κ3) is 6.77. The lowest BCUT2D eigenvalue weighted by molar-refractivity contribution is -0.0286. The second-order valence-electron chi connectivity index (χ2n) is 8.64. The number of nitrogens with zero attached hydrogens (tertiary/aromatic N) is 7. The molecule has 0 saturated carbocycles. The van der Waals surface area contributed by atoms with Crippen LogP contribution in [0.25, 0.3) is 16.6 Å². The quantitative estimate of drug-likeness (QED) is 0.299. The van der Waals surface area contributed by atoms with Crippen molar-refractivity contribution < 1.29 is 9.13 Å². The van der Waals surface area contributed by atoms with Gasteiger partial charge >= 0.3 is 0 Å². The molecule has 4 aromatic heterocycles. The fourth-order valence-corrected chi connectivity index (χ4v) is 3.74. The van der Waals surface area contributed by atoms with Gasteiger partial charge in [0.05, 0.1) is 31.0 Å². The maximum absolute atomic E-state index is 12.8. The van der Waals surface area contributed by atoms with Crippen molar-refractivity contribution in [2.24, 2.45) is 5.73 Å². The minimum atomic E-state index is -0.776. The number of rotatable bonds is 4. The van der Waals surface area contributed by atoms with E-state index in [1.54, 1.807) is 29.0 Å². The van der Waals surface area contributed by atoms with Gasteiger partial charge in [-0.1, -0.05) is 39.8 Å². The summed E-state index contributed by atoms with van der Waals surface area (Å²) in [5, 5.41) is 8.50. The fraction of sp³-hybridized carbons (Fsp3) is 0.321. The molecule has 1 fully saturated rings. The van der Waals surface area contributed by atoms with Gasteiger partial charge in [0.25, 0.3) is 0 Å². The average Bonchev–Trinajstić information content (AvgIpc) is 3.59. The Bertz CT molecular complexity index is 1430. The number of nitrogen functional groups attached to an aromatic ring is 2. The highest BCUT2D eigenvalue weighted by molar-refractivity contribution is 5.75. The summed E-state index contributed by atoms with van der Waals surface area (Å²) in [5.74, 6) is 0.378. The molecule has 0 unspecified atom stereocenters. The van der Waals surface area contributed by atoms with Crippen LogP contribution in [0.15, 0.2) is 67.6 Å². The van der Waals surface area contributed by atoms with Crippen LogP contribution >= 0.6 is 0 Å². The molecule has 11 nitrogen and oxygen atoms in total. The van der Waals surface area contributed by atoms with Crippen molar-refractivity contribution in [3.05, 3.63) is 84.6 Å². The van der Waals surface area contributed by atoms with Gasteiger partial charge in [-0.3, -0.25) is 4.68 Å². The van der Waals surface area contributed by atoms with Crippen LogP contribution in [0.3, 0.4) is 0 Å². The van der Waals surface area contributed by atoms with Crippen molar-refractivity contribution in [1.29, 1.82) is 0 Å². The smallest absolute Gasteiger partial charge is 0.219 e. The number of ether oxygens (including phenoxy) is 1. The number of hydrogen-bond acceptors (Lipinski definition) is 9. The van der Waals surface area contributed by atoms with Gasteiger partial charge < -0.3 is 21.9 Å². The molecule has 0 aliphatic carbocycles. The Labute approximate surface area is 233 Å². The third-order valence-electron chi connectivity index (χ3n) is 6.08. The van der Waals surface area contributed by atoms with E-state index in [1.165, 1.54) is 18.5 Å². The fourth-order valence-electron chi connectivity index (χ4n) is 3.74. The van der Waals surface area contributed by atoms with Crippen LogP contribution in [-0.4, -0.2) is 47.6 Å². The van der Waals surface area contributed by atoms with E-state index >= 15 is 0 Å². The van der Waals surface area contributed by atoms with Gasteiger partial charge in [0.1, 0.15) is 17.7 Å². The molecule has 1 aromatic carbocycles. The van der Waals surface area contributed by atoms with Crippen molar-refractivity contribution in [3.63, 3.8) is 0 Å². The summed E-state index contributed by atoms with van der Waals surface area (Å²) in [6.45, 7) is 11.3. The highest BCUT2D eigenvalue weighted by atomic mass is 19.1. The van der Waals surface area contributed by atoms with Crippen LogP contribution in [0.4, 0.5) is 16.2 Å². The molecule has 1 aliphatic heterocycles. The summed E-state index contributed by atoms with van der Waals surface area (Å²) in [7, 11) is 0. The van der Waals surface area contributed by atoms with E-state index in [-0.39, 0.29) is 11.8 Å². The summed E-state index contributed by atoms with van der Waals surface area (Å²) >= 11 is 0. The largest absolute Gasteiger partial charge is 0.382 e. The van der Waals surface area contributed by atoms with E-state index in [1.807, 2.05) is 64.0 Å². The zero-order valence-corrected chi connectivity index (χ0v) is 23.5. The predicted octanol–water partition coefficient (Wildman–Crippen LogP) is 4.22. The molecule has 6 rings (SSSR count). The van der Waals surface area contributed by atoms with Gasteiger partial charge in [-0.25, -0.2) is 23.9 Å². The van der Waals surface area contributed by atoms with E-state index in [9.17, 15) is 4.39 Å². The second kappa shape index (κ2) is 13.6. The zero-order chi connectivity index (χ0) is 29.3. The Morgan fingerprint density at radius 3 is 2.10 bits per heavy atom. The topological polar surface area (TPSA) is 161 Å². The number of aromatic nitrogens is 7. The van der Waals surface area contributed by atoms with E-state index in [2.05, 4.69) is 25.1 Å². The molecule has 0 bridgehead atoms. The summed E-state index contributed by atoms with van der Waals surface area (Å²) in [6.07, 6.45) is 10.4. The van der Waals surface area contributed by atoms with E-state index in [0.717, 1.165) is 41.0 Å². The van der Waals surface area contributed by atoms with Crippen LogP contribution < -0.4 is 17.2 Å². The molecule has 0 spiro atoms. The number of hydrogen-bond donors (Lipinski definition) is 3. The number of fused-ring (bicyclic) bond motifs is 1. The molecule has 40 heavy (non-hydrogen) atoms. The van der Waals surface area contributed by atoms with Crippen molar-refractivity contribution in [2.75, 3.05) is 24.7 Å². The maximum Gasteiger partial charge on any atom is 0.219 e. The average molecular weight is 549 g/mol. The molecule has 6 N–H and O–H groups in total. The van der Waals surface area contributed by atoms with Crippen molar-refractivity contribution in [3.8, 4) is 11.1 Å². The highest BCUT2D eigenvalue weighted by Gasteiger charge is 2.24. The summed E-state index contributed by atoms with van der Waals surface area (Å²) in [4.78, 5) is 11.8. The van der Waals surface area contributed by atoms with Gasteiger partial charge in [0.15, 0.2) is 5.82 Å². The minimum Gasteiger partial charge on any atom is -0.382 e. The number of benzene rings is 1. The minimum absolute atomic E-state index is 0.198. The first-order valence-electron chi connectivity index (χ1n) is 13.2. The zero-order valence-electron chi connectivity index (χ0n) is 23.5. The lowest BCUT2D eigenvalue weighted by atomic mass is 9.87. The van der Waals surface area contributed by atoms with E-state index in [0.29, 0.717) is 11.9 Å². The molecule has 0 radical (unpaired) electrons. The molecule has 12 heteroatoms. The Morgan fingerprint density at radius 2 is 1.52 bits per heavy atom. The summed E-state index contributed by atoms with van der Waals surface area (Å²) in [5.41, 5.74) is 21.1. The molecule has 1 aliphatic rings. The second-order valence-corrected chi connectivity index (χ2v) is 8.64. The Morgan fingerprint density at radius 1 is 0.875 bits per heavy atom. The van der Waals surface area contributed by atoms with Crippen molar-refractivity contribution in [2.45, 2.75) is 46.2 Å². The monoisotopic (exact) mass is 548 g/mol. The van der Waals surface area contributed by atoms with Crippen LogP contribution in [0.1, 0.15) is 51.8 Å². The van der Waals surface area contributed by atoms with Gasteiger partial charge in [-0.2, -0.15) is 10.2 Å². The molecule has 5 aromatic rings. The van der Waals surface area contributed by atoms with Crippen LogP contribution in [-0.2, 0) is 10.3 Å². The van der Waals surface area contributed by atoms with Crippen LogP contribution in [0, 0.1) is 5.82 Å². The van der Waals surface area contributed by atoms with Gasteiger partial charge in [0.2, 0.25) is 5.95 Å². The first-order valence-corrected chi connectivity index (χ1v) is 13.2. The standard InChI is InChI=1S/C12H13FN4.C12H12N6O.2C2H6/c1-12(15,8-2-4-10(13)5-3-8)9-6-16-11(14)17-7-9;13-12-11-1-8(3-18(11)16-7-14-12)9-2-15-17(4-9)10-5-19-6-10;2*1-2/h2-7H,15H2,1H3,(H2,14,16,17);1-4,7,10H,5-6H2,(H2,13,14,16);2*1-2H3/t12-;;;/m0.../s1. The predicted molar refractivity (Wildman–Crippen MR) is 155 cm³/mol. The van der Waals surface area contributed by atoms with E-state index in [4.69, 9.17) is 21.9 Å². The lowest BCUT2D eigenvalue weighted by Gasteiger charge is -2.25. The molecule has 0 amide bonds. The molecule has 212 valence electrons. The molecular weight excluding hydrogens is 511 g/mol. The molecule has 1 atom stereocenters. The Hall–Kier alpha value is -4.42. The first-order chi connectivity index (χ1) is 19.3. The van der Waals surface area contributed by atoms with E-state index < -0.39 is 5.54 Å². The van der Waals surface area contributed by atoms with Crippen LogP contribution in [0.5, 0.6) is 0 Å². The first kappa shape index (κ1) is 30.1. The van der Waals surface area contributed by atoms with Crippen molar-refractivity contribution >= 4 is 17.3 Å². The van der Waals surface area contributed by atoms with Crippen LogP contribution in [0.2, 0.25) is 0 Å². The maximum atomic E-state index is 12.8.